The highest BCUT2D eigenvalue weighted by atomic mass is 16.1. The second-order valence-electron chi connectivity index (χ2n) is 4.25. The molecular weight excluding hydrogens is 198 g/mol. The first-order chi connectivity index (χ1) is 7.67. The van der Waals surface area contributed by atoms with Crippen LogP contribution in [-0.4, -0.2) is 11.8 Å². The molecule has 0 saturated heterocycles. The molecule has 16 heavy (non-hydrogen) atoms. The quantitative estimate of drug-likeness (QED) is 0.747. The molecule has 0 aliphatic rings. The lowest BCUT2D eigenvalue weighted by atomic mass is 10.00. The van der Waals surface area contributed by atoms with E-state index in [1.807, 2.05) is 25.1 Å². The number of carbonyl (C=O) groups excluding carboxylic acids is 1. The Morgan fingerprint density at radius 1 is 1.38 bits per heavy atom. The third-order valence-electron chi connectivity index (χ3n) is 2.76. The van der Waals surface area contributed by atoms with Crippen molar-refractivity contribution in [3.8, 4) is 0 Å². The van der Waals surface area contributed by atoms with Gasteiger partial charge in [0.15, 0.2) is 5.78 Å². The highest BCUT2D eigenvalue weighted by Crippen LogP contribution is 2.11. The van der Waals surface area contributed by atoms with Crippen molar-refractivity contribution in [1.82, 2.24) is 0 Å². The molecule has 0 aliphatic heterocycles. The zero-order chi connectivity index (χ0) is 12.0. The number of hydrogen-bond donors (Lipinski definition) is 1. The van der Waals surface area contributed by atoms with E-state index in [9.17, 15) is 4.79 Å². The van der Waals surface area contributed by atoms with E-state index < -0.39 is 0 Å². The Kier molecular flexibility index (Phi) is 5.20. The van der Waals surface area contributed by atoms with Crippen LogP contribution in [0.1, 0.15) is 49.0 Å². The molecule has 88 valence electrons. The first-order valence-electron chi connectivity index (χ1n) is 6.05. The summed E-state index contributed by atoms with van der Waals surface area (Å²) in [5, 5.41) is 0. The summed E-state index contributed by atoms with van der Waals surface area (Å²) in [6.45, 7) is 4.15. The highest BCUT2D eigenvalue weighted by molar-refractivity contribution is 5.96. The van der Waals surface area contributed by atoms with Crippen molar-refractivity contribution in [2.24, 2.45) is 5.73 Å². The molecule has 1 unspecified atom stereocenters. The smallest absolute Gasteiger partial charge is 0.164 e. The average Bonchev–Trinajstić information content (AvgIpc) is 2.29. The number of benzene rings is 1. The first-order valence-corrected chi connectivity index (χ1v) is 6.05. The molecule has 0 radical (unpaired) electrons. The molecule has 0 aliphatic carbocycles. The molecule has 0 fully saturated rings. The fourth-order valence-corrected chi connectivity index (χ4v) is 1.69. The van der Waals surface area contributed by atoms with Gasteiger partial charge in [0.1, 0.15) is 0 Å². The Hall–Kier alpha value is -1.15. The fourth-order valence-electron chi connectivity index (χ4n) is 1.69. The van der Waals surface area contributed by atoms with E-state index >= 15 is 0 Å². The number of aryl methyl sites for hydroxylation is 1. The van der Waals surface area contributed by atoms with Gasteiger partial charge in [0.25, 0.3) is 0 Å². The third-order valence-corrected chi connectivity index (χ3v) is 2.76. The van der Waals surface area contributed by atoms with Gasteiger partial charge in [-0.2, -0.15) is 0 Å². The van der Waals surface area contributed by atoms with E-state index in [0.29, 0.717) is 6.42 Å². The van der Waals surface area contributed by atoms with Crippen LogP contribution in [-0.2, 0) is 6.42 Å². The van der Waals surface area contributed by atoms with Crippen LogP contribution in [0, 0.1) is 0 Å². The lowest BCUT2D eigenvalue weighted by Gasteiger charge is -2.08. The molecule has 2 N–H and O–H groups in total. The van der Waals surface area contributed by atoms with Crippen molar-refractivity contribution < 1.29 is 4.79 Å². The minimum Gasteiger partial charge on any atom is -0.327 e. The van der Waals surface area contributed by atoms with Crippen molar-refractivity contribution in [3.05, 3.63) is 35.4 Å². The van der Waals surface area contributed by atoms with Crippen molar-refractivity contribution in [3.63, 3.8) is 0 Å². The number of Topliss-reactive ketones (excluding diaryl/α,β-unsaturated/α-hetero) is 1. The van der Waals surface area contributed by atoms with Crippen LogP contribution in [0.15, 0.2) is 24.3 Å². The molecule has 2 heteroatoms. The van der Waals surface area contributed by atoms with Gasteiger partial charge in [0, 0.05) is 18.0 Å². The Morgan fingerprint density at radius 3 is 2.75 bits per heavy atom. The largest absolute Gasteiger partial charge is 0.327 e. The zero-order valence-electron chi connectivity index (χ0n) is 10.2. The normalized spacial score (nSPS) is 12.4. The summed E-state index contributed by atoms with van der Waals surface area (Å²) < 4.78 is 0. The van der Waals surface area contributed by atoms with Crippen LogP contribution < -0.4 is 5.73 Å². The summed E-state index contributed by atoms with van der Waals surface area (Å²) in [6.07, 6.45) is 3.43. The molecule has 0 bridgehead atoms. The van der Waals surface area contributed by atoms with Gasteiger partial charge in [-0.1, -0.05) is 38.5 Å². The maximum absolute atomic E-state index is 11.9. The Morgan fingerprint density at radius 2 is 2.12 bits per heavy atom. The number of hydrogen-bond acceptors (Lipinski definition) is 2. The Balaban J connectivity index is 2.71. The maximum Gasteiger partial charge on any atom is 0.164 e. The minimum absolute atomic E-state index is 0.0117. The van der Waals surface area contributed by atoms with E-state index in [-0.39, 0.29) is 11.8 Å². The fraction of sp³-hybridized carbons (Fsp3) is 0.500. The van der Waals surface area contributed by atoms with Crippen molar-refractivity contribution >= 4 is 5.78 Å². The molecule has 0 saturated carbocycles. The number of carbonyl (C=O) groups is 1. The Labute approximate surface area is 97.9 Å². The predicted octanol–water partition coefficient (Wildman–Crippen LogP) is 2.95. The van der Waals surface area contributed by atoms with E-state index in [2.05, 4.69) is 13.0 Å². The molecule has 2 nitrogen and oxygen atoms in total. The monoisotopic (exact) mass is 219 g/mol. The standard InChI is InChI=1S/C14H21NO/c1-3-6-11-7-5-8-12(9-11)14(16)10-13(15)4-2/h5,7-9,13H,3-4,6,10,15H2,1-2H3. The summed E-state index contributed by atoms with van der Waals surface area (Å²) in [4.78, 5) is 11.9. The molecule has 0 amide bonds. The van der Waals surface area contributed by atoms with Gasteiger partial charge < -0.3 is 5.73 Å². The summed E-state index contributed by atoms with van der Waals surface area (Å²) in [5.41, 5.74) is 7.82. The molecular formula is C14H21NO. The lowest BCUT2D eigenvalue weighted by Crippen LogP contribution is -2.22. The summed E-state index contributed by atoms with van der Waals surface area (Å²) >= 11 is 0. The van der Waals surface area contributed by atoms with E-state index in [1.165, 1.54) is 5.56 Å². The minimum atomic E-state index is -0.0117. The highest BCUT2D eigenvalue weighted by Gasteiger charge is 2.10. The summed E-state index contributed by atoms with van der Waals surface area (Å²) in [5.74, 6) is 0.160. The average molecular weight is 219 g/mol. The molecule has 1 atom stereocenters. The predicted molar refractivity (Wildman–Crippen MR) is 67.7 cm³/mol. The van der Waals surface area contributed by atoms with Crippen LogP contribution in [0.3, 0.4) is 0 Å². The van der Waals surface area contributed by atoms with Crippen molar-refractivity contribution in [2.45, 2.75) is 45.6 Å². The van der Waals surface area contributed by atoms with Crippen LogP contribution in [0.25, 0.3) is 0 Å². The van der Waals surface area contributed by atoms with Gasteiger partial charge in [-0.15, -0.1) is 0 Å². The van der Waals surface area contributed by atoms with Crippen LogP contribution >= 0.6 is 0 Å². The summed E-state index contributed by atoms with van der Waals surface area (Å²) in [6, 6.07) is 7.88. The lowest BCUT2D eigenvalue weighted by molar-refractivity contribution is 0.0974. The van der Waals surface area contributed by atoms with Crippen LogP contribution in [0.5, 0.6) is 0 Å². The molecule has 0 heterocycles. The van der Waals surface area contributed by atoms with Crippen LogP contribution in [0.2, 0.25) is 0 Å². The molecule has 0 spiro atoms. The zero-order valence-corrected chi connectivity index (χ0v) is 10.2. The van der Waals surface area contributed by atoms with Gasteiger partial charge in [-0.3, -0.25) is 4.79 Å². The van der Waals surface area contributed by atoms with Gasteiger partial charge in [0.2, 0.25) is 0 Å². The van der Waals surface area contributed by atoms with E-state index in [1.54, 1.807) is 0 Å². The van der Waals surface area contributed by atoms with Gasteiger partial charge in [-0.25, -0.2) is 0 Å². The molecule has 1 aromatic rings. The SMILES string of the molecule is CCCc1cccc(C(=O)CC(N)CC)c1. The Bertz CT molecular complexity index is 346. The number of nitrogens with two attached hydrogens (primary N) is 1. The first kappa shape index (κ1) is 12.9. The topological polar surface area (TPSA) is 43.1 Å². The number of ketones is 1. The van der Waals surface area contributed by atoms with Crippen molar-refractivity contribution in [2.75, 3.05) is 0 Å². The molecule has 0 aromatic heterocycles. The third kappa shape index (κ3) is 3.78. The number of rotatable bonds is 6. The van der Waals surface area contributed by atoms with Gasteiger partial charge in [0.05, 0.1) is 0 Å². The van der Waals surface area contributed by atoms with Gasteiger partial charge in [-0.05, 0) is 24.5 Å². The van der Waals surface area contributed by atoms with Gasteiger partial charge >= 0.3 is 0 Å². The van der Waals surface area contributed by atoms with E-state index in [4.69, 9.17) is 5.73 Å². The van der Waals surface area contributed by atoms with Crippen molar-refractivity contribution in [1.29, 1.82) is 0 Å². The molecule has 1 rings (SSSR count). The van der Waals surface area contributed by atoms with Crippen LogP contribution in [0.4, 0.5) is 0 Å². The van der Waals surface area contributed by atoms with E-state index in [0.717, 1.165) is 24.8 Å². The second-order valence-corrected chi connectivity index (χ2v) is 4.25. The molecule has 1 aromatic carbocycles. The summed E-state index contributed by atoms with van der Waals surface area (Å²) in [7, 11) is 0. The maximum atomic E-state index is 11.9. The second kappa shape index (κ2) is 6.44.